The highest BCUT2D eigenvalue weighted by Gasteiger charge is 2.20. The Morgan fingerprint density at radius 2 is 1.90 bits per heavy atom. The van der Waals surface area contributed by atoms with Gasteiger partial charge in [-0.25, -0.2) is 0 Å². The molecule has 0 saturated carbocycles. The lowest BCUT2D eigenvalue weighted by molar-refractivity contribution is 0.0912. The van der Waals surface area contributed by atoms with Gasteiger partial charge in [0, 0.05) is 52.7 Å². The van der Waals surface area contributed by atoms with Gasteiger partial charge in [-0.2, -0.15) is 0 Å². The average molecular weight is 409 g/mol. The number of pyridine rings is 1. The molecular formula is C23H25ClN4O. The van der Waals surface area contributed by atoms with Crippen molar-refractivity contribution in [2.24, 2.45) is 0 Å². The van der Waals surface area contributed by atoms with Crippen LogP contribution in [-0.2, 0) is 0 Å². The number of nitrogens with one attached hydrogen (secondary N) is 2. The number of carbonyl (C=O) groups excluding carboxylic acids is 1. The maximum atomic E-state index is 12.6. The van der Waals surface area contributed by atoms with Crippen LogP contribution in [0.4, 0.5) is 11.4 Å². The zero-order chi connectivity index (χ0) is 20.2. The van der Waals surface area contributed by atoms with Crippen LogP contribution >= 0.6 is 11.6 Å². The summed E-state index contributed by atoms with van der Waals surface area (Å²) in [7, 11) is 0. The summed E-state index contributed by atoms with van der Waals surface area (Å²) < 4.78 is 0. The first-order chi connectivity index (χ1) is 14.1. The fraction of sp³-hybridized carbons (Fsp3) is 0.304. The number of fused-ring (bicyclic) bond motifs is 1. The van der Waals surface area contributed by atoms with Crippen LogP contribution in [0.5, 0.6) is 0 Å². The van der Waals surface area contributed by atoms with Gasteiger partial charge in [0.1, 0.15) is 0 Å². The lowest BCUT2D eigenvalue weighted by Crippen LogP contribution is -2.44. The third kappa shape index (κ3) is 4.69. The summed E-state index contributed by atoms with van der Waals surface area (Å²) in [6.07, 6.45) is 3.78. The Bertz CT molecular complexity index is 997. The molecule has 1 amide bonds. The van der Waals surface area contributed by atoms with Gasteiger partial charge in [0.25, 0.3) is 5.91 Å². The van der Waals surface area contributed by atoms with Gasteiger partial charge in [-0.3, -0.25) is 9.78 Å². The Labute approximate surface area is 176 Å². The molecule has 0 spiro atoms. The Morgan fingerprint density at radius 3 is 2.62 bits per heavy atom. The normalized spacial score (nSPS) is 15.4. The zero-order valence-electron chi connectivity index (χ0n) is 16.5. The fourth-order valence-electron chi connectivity index (χ4n) is 3.75. The molecule has 2 heterocycles. The van der Waals surface area contributed by atoms with E-state index in [2.05, 4.69) is 27.4 Å². The highest BCUT2D eigenvalue weighted by atomic mass is 35.5. The number of aromatic nitrogens is 1. The quantitative estimate of drug-likeness (QED) is 0.633. The van der Waals surface area contributed by atoms with Crippen LogP contribution in [0.15, 0.2) is 54.7 Å². The molecule has 0 unspecified atom stereocenters. The molecule has 6 heteroatoms. The number of nitrogens with zero attached hydrogens (tertiary/aromatic N) is 2. The summed E-state index contributed by atoms with van der Waals surface area (Å²) in [5, 5.41) is 8.24. The summed E-state index contributed by atoms with van der Waals surface area (Å²) in [5.74, 6) is -0.00417. The summed E-state index contributed by atoms with van der Waals surface area (Å²) in [5.41, 5.74) is 3.39. The van der Waals surface area contributed by atoms with E-state index in [0.717, 1.165) is 54.8 Å². The fourth-order valence-corrected chi connectivity index (χ4v) is 3.92. The van der Waals surface area contributed by atoms with Crippen molar-refractivity contribution in [3.63, 3.8) is 0 Å². The van der Waals surface area contributed by atoms with E-state index >= 15 is 0 Å². The van der Waals surface area contributed by atoms with Crippen molar-refractivity contribution in [3.8, 4) is 0 Å². The van der Waals surface area contributed by atoms with E-state index in [1.165, 1.54) is 0 Å². The third-order valence-electron chi connectivity index (χ3n) is 5.50. The lowest BCUT2D eigenvalue weighted by Gasteiger charge is -2.31. The highest BCUT2D eigenvalue weighted by Crippen LogP contribution is 2.27. The van der Waals surface area contributed by atoms with Crippen molar-refractivity contribution in [3.05, 3.63) is 65.3 Å². The Morgan fingerprint density at radius 1 is 1.14 bits per heavy atom. The van der Waals surface area contributed by atoms with E-state index in [1.54, 1.807) is 6.20 Å². The van der Waals surface area contributed by atoms with E-state index < -0.39 is 0 Å². The van der Waals surface area contributed by atoms with Crippen molar-refractivity contribution in [1.82, 2.24) is 15.2 Å². The number of hydrogen-bond donors (Lipinski definition) is 2. The van der Waals surface area contributed by atoms with Gasteiger partial charge < -0.3 is 15.5 Å². The molecule has 2 N–H and O–H groups in total. The molecule has 1 fully saturated rings. The van der Waals surface area contributed by atoms with Gasteiger partial charge in [0.15, 0.2) is 0 Å². The van der Waals surface area contributed by atoms with E-state index in [0.29, 0.717) is 10.6 Å². The second-order valence-corrected chi connectivity index (χ2v) is 7.84. The summed E-state index contributed by atoms with van der Waals surface area (Å²) in [6.45, 7) is 5.36. The number of halogens is 1. The molecule has 3 aromatic rings. The monoisotopic (exact) mass is 408 g/mol. The maximum Gasteiger partial charge on any atom is 0.251 e. The zero-order valence-corrected chi connectivity index (χ0v) is 17.2. The second kappa shape index (κ2) is 8.80. The molecule has 1 aliphatic rings. The SMILES string of the molecule is CCN1CCC(NC(=O)c2ccc(Nc3ccnc4cc(Cl)ccc34)cc2)CC1. The van der Waals surface area contributed by atoms with Gasteiger partial charge in [0.05, 0.1) is 5.52 Å². The topological polar surface area (TPSA) is 57.3 Å². The number of rotatable bonds is 5. The first kappa shape index (κ1) is 19.7. The molecule has 2 aromatic carbocycles. The molecular weight excluding hydrogens is 384 g/mol. The summed E-state index contributed by atoms with van der Waals surface area (Å²) >= 11 is 6.06. The number of anilines is 2. The van der Waals surface area contributed by atoms with Gasteiger partial charge in [0.2, 0.25) is 0 Å². The number of benzene rings is 2. The Balaban J connectivity index is 1.41. The summed E-state index contributed by atoms with van der Waals surface area (Å²) in [4.78, 5) is 19.4. The van der Waals surface area contributed by atoms with Crippen LogP contribution in [0.1, 0.15) is 30.1 Å². The van der Waals surface area contributed by atoms with Gasteiger partial charge >= 0.3 is 0 Å². The Kier molecular flexibility index (Phi) is 5.97. The van der Waals surface area contributed by atoms with Gasteiger partial charge in [-0.05, 0) is 67.9 Å². The number of hydrogen-bond acceptors (Lipinski definition) is 4. The molecule has 1 saturated heterocycles. The predicted molar refractivity (Wildman–Crippen MR) is 119 cm³/mol. The van der Waals surface area contributed by atoms with Crippen LogP contribution in [0, 0.1) is 0 Å². The number of carbonyl (C=O) groups is 1. The molecule has 150 valence electrons. The minimum Gasteiger partial charge on any atom is -0.355 e. The third-order valence-corrected chi connectivity index (χ3v) is 5.74. The number of amides is 1. The van der Waals surface area contributed by atoms with E-state index in [9.17, 15) is 4.79 Å². The van der Waals surface area contributed by atoms with Crippen molar-refractivity contribution < 1.29 is 4.79 Å². The predicted octanol–water partition coefficient (Wildman–Crippen LogP) is 4.85. The van der Waals surface area contributed by atoms with E-state index in [-0.39, 0.29) is 11.9 Å². The van der Waals surface area contributed by atoms with Crippen molar-refractivity contribution in [1.29, 1.82) is 0 Å². The van der Waals surface area contributed by atoms with E-state index in [1.807, 2.05) is 48.5 Å². The van der Waals surface area contributed by atoms with Crippen LogP contribution in [0.3, 0.4) is 0 Å². The van der Waals surface area contributed by atoms with Crippen LogP contribution in [-0.4, -0.2) is 41.5 Å². The van der Waals surface area contributed by atoms with Crippen LogP contribution < -0.4 is 10.6 Å². The smallest absolute Gasteiger partial charge is 0.251 e. The first-order valence-corrected chi connectivity index (χ1v) is 10.4. The van der Waals surface area contributed by atoms with Gasteiger partial charge in [-0.15, -0.1) is 0 Å². The standard InChI is InChI=1S/C23H25ClN4O/c1-2-28-13-10-19(11-14-28)27-23(29)16-3-6-18(7-4-16)26-21-9-12-25-22-15-17(24)5-8-20(21)22/h3-9,12,15,19H,2,10-11,13-14H2,1H3,(H,25,26)(H,27,29). The van der Waals surface area contributed by atoms with Crippen LogP contribution in [0.25, 0.3) is 10.9 Å². The maximum absolute atomic E-state index is 12.6. The summed E-state index contributed by atoms with van der Waals surface area (Å²) in [6, 6.07) is 15.4. The minimum absolute atomic E-state index is 0.00417. The highest BCUT2D eigenvalue weighted by molar-refractivity contribution is 6.31. The molecule has 0 atom stereocenters. The molecule has 5 nitrogen and oxygen atoms in total. The molecule has 0 bridgehead atoms. The van der Waals surface area contributed by atoms with Crippen LogP contribution in [0.2, 0.25) is 5.02 Å². The molecule has 4 rings (SSSR count). The number of likely N-dealkylation sites (tertiary alicyclic amines) is 1. The number of piperidine rings is 1. The van der Waals surface area contributed by atoms with Crippen molar-refractivity contribution >= 4 is 39.8 Å². The largest absolute Gasteiger partial charge is 0.355 e. The molecule has 1 aliphatic heterocycles. The lowest BCUT2D eigenvalue weighted by atomic mass is 10.0. The van der Waals surface area contributed by atoms with Crippen molar-refractivity contribution in [2.45, 2.75) is 25.8 Å². The second-order valence-electron chi connectivity index (χ2n) is 7.40. The minimum atomic E-state index is -0.00417. The van der Waals surface area contributed by atoms with Crippen molar-refractivity contribution in [2.75, 3.05) is 25.0 Å². The molecule has 0 radical (unpaired) electrons. The van der Waals surface area contributed by atoms with E-state index in [4.69, 9.17) is 11.6 Å². The first-order valence-electron chi connectivity index (χ1n) is 10.1. The Hall–Kier alpha value is -2.63. The van der Waals surface area contributed by atoms with Gasteiger partial charge in [-0.1, -0.05) is 18.5 Å². The molecule has 0 aliphatic carbocycles. The molecule has 1 aromatic heterocycles. The molecule has 29 heavy (non-hydrogen) atoms. The average Bonchev–Trinajstić information content (AvgIpc) is 2.75.